The van der Waals surface area contributed by atoms with Crippen LogP contribution in [0.15, 0.2) is 114 Å². The zero-order valence-corrected chi connectivity index (χ0v) is 22.5. The standard InChI is InChI=1S/C30H25ClN4O3S/c1-20(28(36)35-27-12-5-6-17-32-27)39-25-15-13-24(14-16-25)33-30(38)26(19-21-8-7-11-23(31)18-21)34-29(37)22-9-3-2-4-10-22/h2-20H,1H3,(H,33,38)(H,34,37)(H,32,35,36)/b26-19-. The molecule has 0 bridgehead atoms. The molecule has 1 unspecified atom stereocenters. The van der Waals surface area contributed by atoms with E-state index < -0.39 is 11.8 Å². The van der Waals surface area contributed by atoms with Crippen LogP contribution in [0, 0.1) is 0 Å². The molecule has 4 aromatic rings. The lowest BCUT2D eigenvalue weighted by molar-refractivity contribution is -0.115. The number of nitrogens with zero attached hydrogens (tertiary/aromatic N) is 1. The van der Waals surface area contributed by atoms with Gasteiger partial charge in [-0.15, -0.1) is 11.8 Å². The van der Waals surface area contributed by atoms with Gasteiger partial charge in [0.05, 0.1) is 5.25 Å². The van der Waals surface area contributed by atoms with Crippen molar-refractivity contribution in [3.8, 4) is 0 Å². The minimum atomic E-state index is -0.497. The summed E-state index contributed by atoms with van der Waals surface area (Å²) in [7, 11) is 0. The van der Waals surface area contributed by atoms with Crippen LogP contribution in [-0.2, 0) is 9.59 Å². The summed E-state index contributed by atoms with van der Waals surface area (Å²) in [6.45, 7) is 1.81. The van der Waals surface area contributed by atoms with Crippen molar-refractivity contribution < 1.29 is 14.4 Å². The first kappa shape index (κ1) is 27.6. The maximum atomic E-state index is 13.2. The van der Waals surface area contributed by atoms with E-state index >= 15 is 0 Å². The third kappa shape index (κ3) is 8.29. The number of pyridine rings is 1. The molecule has 1 heterocycles. The number of aromatic nitrogens is 1. The number of hydrogen-bond acceptors (Lipinski definition) is 5. The van der Waals surface area contributed by atoms with Gasteiger partial charge in [0.2, 0.25) is 5.91 Å². The lowest BCUT2D eigenvalue weighted by atomic mass is 10.1. The second-order valence-electron chi connectivity index (χ2n) is 8.38. The van der Waals surface area contributed by atoms with Crippen LogP contribution in [-0.4, -0.2) is 28.0 Å². The fourth-order valence-corrected chi connectivity index (χ4v) is 4.51. The summed E-state index contributed by atoms with van der Waals surface area (Å²) in [5, 5.41) is 8.45. The molecule has 0 saturated carbocycles. The number of rotatable bonds is 9. The Kier molecular flexibility index (Phi) is 9.50. The number of nitrogens with one attached hydrogen (secondary N) is 3. The molecule has 7 nitrogen and oxygen atoms in total. The van der Waals surface area contributed by atoms with E-state index in [0.29, 0.717) is 27.7 Å². The molecule has 0 spiro atoms. The largest absolute Gasteiger partial charge is 0.321 e. The second-order valence-corrected chi connectivity index (χ2v) is 10.2. The Morgan fingerprint density at radius 1 is 0.872 bits per heavy atom. The van der Waals surface area contributed by atoms with Crippen molar-refractivity contribution in [2.75, 3.05) is 10.6 Å². The first-order chi connectivity index (χ1) is 18.9. The lowest BCUT2D eigenvalue weighted by Crippen LogP contribution is -2.30. The molecule has 0 saturated heterocycles. The third-order valence-electron chi connectivity index (χ3n) is 5.40. The summed E-state index contributed by atoms with van der Waals surface area (Å²) in [6.07, 6.45) is 3.18. The summed E-state index contributed by atoms with van der Waals surface area (Å²) in [6, 6.07) is 28.0. The third-order valence-corrected chi connectivity index (χ3v) is 6.75. The van der Waals surface area contributed by atoms with Crippen molar-refractivity contribution in [1.82, 2.24) is 10.3 Å². The first-order valence-electron chi connectivity index (χ1n) is 12.0. The Morgan fingerprint density at radius 3 is 2.31 bits per heavy atom. The molecule has 196 valence electrons. The van der Waals surface area contributed by atoms with Crippen LogP contribution in [0.2, 0.25) is 5.02 Å². The Bertz CT molecular complexity index is 1480. The molecule has 9 heteroatoms. The summed E-state index contributed by atoms with van der Waals surface area (Å²) < 4.78 is 0. The van der Waals surface area contributed by atoms with Gasteiger partial charge in [-0.2, -0.15) is 0 Å². The molecule has 0 fully saturated rings. The van der Waals surface area contributed by atoms with Crippen LogP contribution in [0.1, 0.15) is 22.8 Å². The highest BCUT2D eigenvalue weighted by Gasteiger charge is 2.17. The van der Waals surface area contributed by atoms with E-state index in [9.17, 15) is 14.4 Å². The second kappa shape index (κ2) is 13.4. The fraction of sp³-hybridized carbons (Fsp3) is 0.0667. The minimum absolute atomic E-state index is 0.0596. The molecule has 0 radical (unpaired) electrons. The molecule has 0 aliphatic carbocycles. The van der Waals surface area contributed by atoms with Gasteiger partial charge in [-0.1, -0.05) is 48.0 Å². The fourth-order valence-electron chi connectivity index (χ4n) is 3.44. The van der Waals surface area contributed by atoms with E-state index in [1.54, 1.807) is 98.1 Å². The molecule has 0 aliphatic rings. The number of carbonyl (C=O) groups is 3. The van der Waals surface area contributed by atoms with E-state index in [0.717, 1.165) is 4.90 Å². The van der Waals surface area contributed by atoms with Gasteiger partial charge >= 0.3 is 0 Å². The van der Waals surface area contributed by atoms with Crippen molar-refractivity contribution in [2.24, 2.45) is 0 Å². The summed E-state index contributed by atoms with van der Waals surface area (Å²) in [4.78, 5) is 43.4. The summed E-state index contributed by atoms with van der Waals surface area (Å²) in [5.74, 6) is -0.582. The van der Waals surface area contributed by atoms with Crippen LogP contribution in [0.5, 0.6) is 0 Å². The highest BCUT2D eigenvalue weighted by Crippen LogP contribution is 2.26. The minimum Gasteiger partial charge on any atom is -0.321 e. The Morgan fingerprint density at radius 2 is 1.62 bits per heavy atom. The first-order valence-corrected chi connectivity index (χ1v) is 13.3. The molecular weight excluding hydrogens is 532 g/mol. The summed E-state index contributed by atoms with van der Waals surface area (Å²) >= 11 is 7.48. The Hall–Kier alpha value is -4.40. The molecular formula is C30H25ClN4O3S. The highest BCUT2D eigenvalue weighted by molar-refractivity contribution is 8.00. The monoisotopic (exact) mass is 556 g/mol. The quantitative estimate of drug-likeness (QED) is 0.167. The van der Waals surface area contributed by atoms with Crippen molar-refractivity contribution in [3.63, 3.8) is 0 Å². The van der Waals surface area contributed by atoms with Gasteiger partial charge in [-0.05, 0) is 79.2 Å². The molecule has 3 N–H and O–H groups in total. The number of thioether (sulfide) groups is 1. The normalized spacial score (nSPS) is 11.8. The van der Waals surface area contributed by atoms with Crippen molar-refractivity contribution in [2.45, 2.75) is 17.1 Å². The average Bonchev–Trinajstić information content (AvgIpc) is 2.94. The van der Waals surface area contributed by atoms with Gasteiger partial charge in [-0.3, -0.25) is 14.4 Å². The molecule has 0 aliphatic heterocycles. The topological polar surface area (TPSA) is 100 Å². The zero-order valence-electron chi connectivity index (χ0n) is 20.9. The van der Waals surface area contributed by atoms with Gasteiger partial charge in [0, 0.05) is 27.4 Å². The Labute approximate surface area is 235 Å². The van der Waals surface area contributed by atoms with Gasteiger partial charge in [0.1, 0.15) is 11.5 Å². The predicted octanol–water partition coefficient (Wildman–Crippen LogP) is 6.26. The smallest absolute Gasteiger partial charge is 0.272 e. The maximum Gasteiger partial charge on any atom is 0.272 e. The van der Waals surface area contributed by atoms with E-state index in [-0.39, 0.29) is 16.9 Å². The average molecular weight is 557 g/mol. The molecule has 3 amide bonds. The van der Waals surface area contributed by atoms with Gasteiger partial charge in [0.25, 0.3) is 11.8 Å². The van der Waals surface area contributed by atoms with Crippen LogP contribution in [0.4, 0.5) is 11.5 Å². The lowest BCUT2D eigenvalue weighted by Gasteiger charge is -2.13. The Balaban J connectivity index is 1.43. The highest BCUT2D eigenvalue weighted by atomic mass is 35.5. The number of amides is 3. The van der Waals surface area contributed by atoms with Gasteiger partial charge < -0.3 is 16.0 Å². The van der Waals surface area contributed by atoms with Crippen molar-refractivity contribution >= 4 is 58.7 Å². The van der Waals surface area contributed by atoms with E-state index in [1.165, 1.54) is 11.8 Å². The maximum absolute atomic E-state index is 13.2. The van der Waals surface area contributed by atoms with Crippen LogP contribution in [0.25, 0.3) is 6.08 Å². The molecule has 1 aromatic heterocycles. The van der Waals surface area contributed by atoms with Crippen molar-refractivity contribution in [3.05, 3.63) is 125 Å². The van der Waals surface area contributed by atoms with Crippen LogP contribution >= 0.6 is 23.4 Å². The summed E-state index contributed by atoms with van der Waals surface area (Å²) in [5.41, 5.74) is 1.67. The van der Waals surface area contributed by atoms with Gasteiger partial charge in [0.15, 0.2) is 0 Å². The van der Waals surface area contributed by atoms with Crippen molar-refractivity contribution in [1.29, 1.82) is 0 Å². The van der Waals surface area contributed by atoms with E-state index in [4.69, 9.17) is 11.6 Å². The number of carbonyl (C=O) groups excluding carboxylic acids is 3. The van der Waals surface area contributed by atoms with E-state index in [2.05, 4.69) is 20.9 Å². The van der Waals surface area contributed by atoms with Crippen LogP contribution < -0.4 is 16.0 Å². The molecule has 4 rings (SSSR count). The molecule has 3 aromatic carbocycles. The molecule has 1 atom stereocenters. The predicted molar refractivity (Wildman–Crippen MR) is 157 cm³/mol. The van der Waals surface area contributed by atoms with E-state index in [1.807, 2.05) is 18.2 Å². The number of hydrogen-bond donors (Lipinski definition) is 3. The number of benzene rings is 3. The number of anilines is 2. The van der Waals surface area contributed by atoms with Crippen LogP contribution in [0.3, 0.4) is 0 Å². The van der Waals surface area contributed by atoms with Gasteiger partial charge in [-0.25, -0.2) is 4.98 Å². The number of halogens is 1. The zero-order chi connectivity index (χ0) is 27.6. The SMILES string of the molecule is CC(Sc1ccc(NC(=O)/C(=C/c2cccc(Cl)c2)NC(=O)c2ccccc2)cc1)C(=O)Nc1ccccn1. The molecule has 39 heavy (non-hydrogen) atoms.